The Morgan fingerprint density at radius 1 is 0.944 bits per heavy atom. The average Bonchev–Trinajstić information content (AvgIpc) is 3.00. The summed E-state index contributed by atoms with van der Waals surface area (Å²) in [7, 11) is 3.99. The first-order valence-corrected chi connectivity index (χ1v) is 7.38. The maximum Gasteiger partial charge on any atom is 0.134 e. The van der Waals surface area contributed by atoms with Gasteiger partial charge in [-0.15, -0.1) is 0 Å². The van der Waals surface area contributed by atoms with Crippen LogP contribution in [0.1, 0.15) is 11.1 Å². The predicted octanol–water partition coefficient (Wildman–Crippen LogP) is 3.14. The minimum absolute atomic E-state index is 0.0372. The average molecular weight is 271 g/mol. The molecule has 2 aromatic heterocycles. The fraction of sp³-hybridized carbons (Fsp3) is 0.200. The van der Waals surface area contributed by atoms with E-state index in [0.717, 1.165) is 11.1 Å². The van der Waals surface area contributed by atoms with Crippen LogP contribution in [0.15, 0.2) is 33.7 Å². The van der Waals surface area contributed by atoms with Gasteiger partial charge in [0.2, 0.25) is 0 Å². The highest BCUT2D eigenvalue weighted by atomic mass is 32.1. The number of hydrogen-bond acceptors (Lipinski definition) is 3. The molecule has 0 atom stereocenters. The van der Waals surface area contributed by atoms with Crippen LogP contribution in [0.5, 0.6) is 0 Å². The molecule has 2 rings (SSSR count). The van der Waals surface area contributed by atoms with Crippen LogP contribution in [-0.2, 0) is 0 Å². The Labute approximate surface area is 116 Å². The van der Waals surface area contributed by atoms with Gasteiger partial charge in [0.15, 0.2) is 0 Å². The van der Waals surface area contributed by atoms with Crippen molar-refractivity contribution in [1.82, 2.24) is 4.90 Å². The first-order chi connectivity index (χ1) is 8.75. The fourth-order valence-electron chi connectivity index (χ4n) is 1.27. The van der Waals surface area contributed by atoms with E-state index in [-0.39, 0.29) is 6.04 Å². The quantitative estimate of drug-likeness (QED) is 0.720. The molecule has 3 heteroatoms. The Hall–Kier alpha value is -1.52. The summed E-state index contributed by atoms with van der Waals surface area (Å²) in [6, 6.07) is 4.01. The van der Waals surface area contributed by atoms with Crippen molar-refractivity contribution < 1.29 is 0 Å². The molecule has 0 aliphatic heterocycles. The maximum absolute atomic E-state index is 3.20. The van der Waals surface area contributed by atoms with Crippen LogP contribution in [0.25, 0.3) is 0 Å². The predicted molar refractivity (Wildman–Crippen MR) is 79.9 cm³/mol. The van der Waals surface area contributed by atoms with Crippen LogP contribution < -0.4 is 0 Å². The molecule has 0 aliphatic carbocycles. The standard InChI is InChI=1S/C15H13NS2/c1-16(2)15(5-3-13-7-9-17-11-13)6-4-14-8-10-18-12-14/h7-12,15H,1-2H3. The van der Waals surface area contributed by atoms with E-state index in [1.807, 2.05) is 52.6 Å². The van der Waals surface area contributed by atoms with Crippen LogP contribution in [-0.4, -0.2) is 25.0 Å². The van der Waals surface area contributed by atoms with Crippen molar-refractivity contribution in [3.63, 3.8) is 0 Å². The van der Waals surface area contributed by atoms with Crippen molar-refractivity contribution in [3.05, 3.63) is 44.8 Å². The van der Waals surface area contributed by atoms with Gasteiger partial charge in [-0.3, -0.25) is 4.90 Å². The van der Waals surface area contributed by atoms with Gasteiger partial charge in [0.25, 0.3) is 0 Å². The second-order valence-electron chi connectivity index (χ2n) is 3.93. The van der Waals surface area contributed by atoms with Crippen molar-refractivity contribution >= 4 is 22.7 Å². The lowest BCUT2D eigenvalue weighted by Gasteiger charge is -2.11. The molecule has 2 aromatic rings. The Bertz CT molecular complexity index is 534. The Kier molecular flexibility index (Phi) is 4.61. The normalized spacial score (nSPS) is 9.78. The molecule has 90 valence electrons. The van der Waals surface area contributed by atoms with Crippen molar-refractivity contribution in [2.24, 2.45) is 0 Å². The molecule has 0 saturated carbocycles. The van der Waals surface area contributed by atoms with Crippen LogP contribution in [0.3, 0.4) is 0 Å². The first-order valence-electron chi connectivity index (χ1n) is 5.49. The zero-order valence-corrected chi connectivity index (χ0v) is 11.9. The van der Waals surface area contributed by atoms with E-state index in [9.17, 15) is 0 Å². The van der Waals surface area contributed by atoms with Crippen LogP contribution in [0, 0.1) is 23.7 Å². The number of thiophene rings is 2. The topological polar surface area (TPSA) is 3.24 Å². The van der Waals surface area contributed by atoms with Gasteiger partial charge < -0.3 is 0 Å². The molecule has 0 unspecified atom stereocenters. The third-order valence-electron chi connectivity index (χ3n) is 2.27. The van der Waals surface area contributed by atoms with E-state index in [4.69, 9.17) is 0 Å². The molecule has 0 N–H and O–H groups in total. The first kappa shape index (κ1) is 12.9. The summed E-state index contributed by atoms with van der Waals surface area (Å²) in [4.78, 5) is 2.03. The highest BCUT2D eigenvalue weighted by molar-refractivity contribution is 7.08. The van der Waals surface area contributed by atoms with Crippen molar-refractivity contribution in [3.8, 4) is 23.7 Å². The van der Waals surface area contributed by atoms with Gasteiger partial charge in [0.1, 0.15) is 6.04 Å². The lowest BCUT2D eigenvalue weighted by Crippen LogP contribution is -2.24. The van der Waals surface area contributed by atoms with Crippen LogP contribution >= 0.6 is 22.7 Å². The molecular weight excluding hydrogens is 258 g/mol. The molecule has 1 nitrogen and oxygen atoms in total. The molecule has 0 amide bonds. The number of hydrogen-bond donors (Lipinski definition) is 0. The summed E-state index contributed by atoms with van der Waals surface area (Å²) in [5.74, 6) is 12.7. The fourth-order valence-corrected chi connectivity index (χ4v) is 2.44. The minimum Gasteiger partial charge on any atom is -0.286 e. The van der Waals surface area contributed by atoms with Crippen LogP contribution in [0.2, 0.25) is 0 Å². The number of rotatable bonds is 1. The number of nitrogens with zero attached hydrogens (tertiary/aromatic N) is 1. The van der Waals surface area contributed by atoms with E-state index >= 15 is 0 Å². The maximum atomic E-state index is 3.20. The molecular formula is C15H13NS2. The van der Waals surface area contributed by atoms with Gasteiger partial charge in [0, 0.05) is 21.9 Å². The lowest BCUT2D eigenvalue weighted by molar-refractivity contribution is 0.409. The molecule has 0 spiro atoms. The van der Waals surface area contributed by atoms with Gasteiger partial charge in [-0.25, -0.2) is 0 Å². The third kappa shape index (κ3) is 3.75. The lowest BCUT2D eigenvalue weighted by atomic mass is 10.2. The van der Waals surface area contributed by atoms with E-state index in [1.165, 1.54) is 0 Å². The highest BCUT2D eigenvalue weighted by Gasteiger charge is 2.02. The Morgan fingerprint density at radius 2 is 1.44 bits per heavy atom. The third-order valence-corrected chi connectivity index (χ3v) is 3.63. The van der Waals surface area contributed by atoms with Gasteiger partial charge in [-0.05, 0) is 37.0 Å². The van der Waals surface area contributed by atoms with E-state index in [2.05, 4.69) is 23.7 Å². The SMILES string of the molecule is CN(C)C(C#Cc1ccsc1)C#Cc1ccsc1. The van der Waals surface area contributed by atoms with E-state index < -0.39 is 0 Å². The van der Waals surface area contributed by atoms with Gasteiger partial charge in [-0.1, -0.05) is 23.7 Å². The van der Waals surface area contributed by atoms with E-state index in [0.29, 0.717) is 0 Å². The zero-order valence-electron chi connectivity index (χ0n) is 10.3. The summed E-state index contributed by atoms with van der Waals surface area (Å²) in [5, 5.41) is 8.16. The van der Waals surface area contributed by atoms with Gasteiger partial charge in [-0.2, -0.15) is 22.7 Å². The largest absolute Gasteiger partial charge is 0.286 e. The molecule has 0 bridgehead atoms. The summed E-state index contributed by atoms with van der Waals surface area (Å²) in [5.41, 5.74) is 2.12. The zero-order chi connectivity index (χ0) is 12.8. The molecule has 0 aromatic carbocycles. The molecule has 0 aliphatic rings. The highest BCUT2D eigenvalue weighted by Crippen LogP contribution is 2.05. The Morgan fingerprint density at radius 3 is 1.78 bits per heavy atom. The second kappa shape index (κ2) is 6.42. The molecule has 0 fully saturated rings. The molecule has 0 radical (unpaired) electrons. The summed E-state index contributed by atoms with van der Waals surface area (Å²) in [6.45, 7) is 0. The second-order valence-corrected chi connectivity index (χ2v) is 5.49. The van der Waals surface area contributed by atoms with Crippen molar-refractivity contribution in [2.75, 3.05) is 14.1 Å². The summed E-state index contributed by atoms with van der Waals surface area (Å²) >= 11 is 3.32. The van der Waals surface area contributed by atoms with Crippen molar-refractivity contribution in [2.45, 2.75) is 6.04 Å². The van der Waals surface area contributed by atoms with E-state index in [1.54, 1.807) is 22.7 Å². The minimum atomic E-state index is -0.0372. The molecule has 18 heavy (non-hydrogen) atoms. The van der Waals surface area contributed by atoms with Gasteiger partial charge in [0.05, 0.1) is 0 Å². The van der Waals surface area contributed by atoms with Gasteiger partial charge >= 0.3 is 0 Å². The smallest absolute Gasteiger partial charge is 0.134 e. The summed E-state index contributed by atoms with van der Waals surface area (Å²) in [6.07, 6.45) is 0. The summed E-state index contributed by atoms with van der Waals surface area (Å²) < 4.78 is 0. The Balaban J connectivity index is 2.14. The monoisotopic (exact) mass is 271 g/mol. The molecule has 2 heterocycles. The van der Waals surface area contributed by atoms with Crippen LogP contribution in [0.4, 0.5) is 0 Å². The van der Waals surface area contributed by atoms with Crippen molar-refractivity contribution in [1.29, 1.82) is 0 Å². The molecule has 0 saturated heterocycles.